The molecule has 18 heavy (non-hydrogen) atoms. The lowest BCUT2D eigenvalue weighted by atomic mass is 9.63. The molecule has 6 nitrogen and oxygen atoms in total. The van der Waals surface area contributed by atoms with E-state index in [1.807, 2.05) is 19.2 Å². The van der Waals surface area contributed by atoms with Crippen molar-refractivity contribution in [2.75, 3.05) is 20.1 Å². The maximum absolute atomic E-state index is 11.8. The van der Waals surface area contributed by atoms with Crippen LogP contribution in [0.4, 0.5) is 0 Å². The van der Waals surface area contributed by atoms with E-state index in [-0.39, 0.29) is 5.57 Å². The molecule has 1 amide bonds. The number of carbonyl (C=O) groups is 1. The highest BCUT2D eigenvalue weighted by molar-refractivity contribution is 5.86. The van der Waals surface area contributed by atoms with E-state index < -0.39 is 23.1 Å². The molecule has 1 atom stereocenters. The third-order valence-electron chi connectivity index (χ3n) is 3.91. The lowest BCUT2D eigenvalue weighted by Crippen LogP contribution is -2.52. The van der Waals surface area contributed by atoms with Gasteiger partial charge in [-0.25, -0.2) is 0 Å². The van der Waals surface area contributed by atoms with E-state index in [9.17, 15) is 20.4 Å². The molecule has 0 unspecified atom stereocenters. The fraction of sp³-hybridized carbons (Fsp3) is 0.583. The number of aliphatic hydroxyl groups is 1. The van der Waals surface area contributed by atoms with E-state index in [4.69, 9.17) is 0 Å². The maximum Gasteiger partial charge on any atom is 0.245 e. The van der Waals surface area contributed by atoms with Gasteiger partial charge in [-0.3, -0.25) is 10.1 Å². The van der Waals surface area contributed by atoms with Gasteiger partial charge in [-0.05, 0) is 33.0 Å². The molecule has 0 saturated carbocycles. The van der Waals surface area contributed by atoms with Crippen LogP contribution >= 0.6 is 0 Å². The van der Waals surface area contributed by atoms with Crippen LogP contribution < -0.4 is 5.32 Å². The zero-order valence-electron chi connectivity index (χ0n) is 10.1. The average Bonchev–Trinajstić information content (AvgIpc) is 2.33. The summed E-state index contributed by atoms with van der Waals surface area (Å²) >= 11 is 0. The van der Waals surface area contributed by atoms with Crippen molar-refractivity contribution in [3.8, 4) is 12.1 Å². The Labute approximate surface area is 105 Å². The van der Waals surface area contributed by atoms with Gasteiger partial charge >= 0.3 is 0 Å². The van der Waals surface area contributed by atoms with Gasteiger partial charge < -0.3 is 10.0 Å². The topological polar surface area (TPSA) is 100 Å². The van der Waals surface area contributed by atoms with Gasteiger partial charge in [0.25, 0.3) is 0 Å². The molecule has 0 radical (unpaired) electrons. The Kier molecular flexibility index (Phi) is 2.98. The Bertz CT molecular complexity index is 489. The van der Waals surface area contributed by atoms with E-state index in [1.54, 1.807) is 0 Å². The highest BCUT2D eigenvalue weighted by Crippen LogP contribution is 2.47. The van der Waals surface area contributed by atoms with Crippen molar-refractivity contribution < 1.29 is 9.90 Å². The van der Waals surface area contributed by atoms with Crippen molar-refractivity contribution in [1.29, 1.82) is 10.5 Å². The summed E-state index contributed by atoms with van der Waals surface area (Å²) in [4.78, 5) is 13.9. The van der Waals surface area contributed by atoms with Crippen molar-refractivity contribution in [3.05, 3.63) is 11.5 Å². The maximum atomic E-state index is 11.8. The number of aliphatic hydroxyl groups excluding tert-OH is 1. The molecule has 94 valence electrons. The van der Waals surface area contributed by atoms with Gasteiger partial charge in [0.15, 0.2) is 0 Å². The van der Waals surface area contributed by atoms with Gasteiger partial charge in [0, 0.05) is 5.41 Å². The Morgan fingerprint density at radius 2 is 2.06 bits per heavy atom. The molecule has 6 heteroatoms. The molecular formula is C12H14N4O2. The van der Waals surface area contributed by atoms with Crippen LogP contribution in [0.5, 0.6) is 0 Å². The Balaban J connectivity index is 2.51. The normalized spacial score (nSPS) is 27.5. The monoisotopic (exact) mass is 246 g/mol. The van der Waals surface area contributed by atoms with E-state index in [2.05, 4.69) is 10.2 Å². The largest absolute Gasteiger partial charge is 0.494 e. The van der Waals surface area contributed by atoms with Crippen LogP contribution in [0.2, 0.25) is 0 Å². The number of hydrogen-bond acceptors (Lipinski definition) is 5. The first-order valence-corrected chi connectivity index (χ1v) is 5.78. The summed E-state index contributed by atoms with van der Waals surface area (Å²) in [6.07, 6.45) is 1.06. The fourth-order valence-corrected chi connectivity index (χ4v) is 2.79. The Hall–Kier alpha value is -2.05. The number of nitrogens with one attached hydrogen (secondary N) is 1. The first-order chi connectivity index (χ1) is 8.55. The quantitative estimate of drug-likeness (QED) is 0.638. The van der Waals surface area contributed by atoms with Crippen molar-refractivity contribution in [1.82, 2.24) is 10.2 Å². The summed E-state index contributed by atoms with van der Waals surface area (Å²) in [5.74, 6) is -1.81. The molecule has 0 aromatic carbocycles. The third-order valence-corrected chi connectivity index (χ3v) is 3.91. The minimum absolute atomic E-state index is 0.141. The van der Waals surface area contributed by atoms with Gasteiger partial charge in [0.05, 0.1) is 11.6 Å². The first kappa shape index (κ1) is 12.4. The number of likely N-dealkylation sites (tertiary alicyclic amines) is 1. The summed E-state index contributed by atoms with van der Waals surface area (Å²) in [6.45, 7) is 1.40. The minimum Gasteiger partial charge on any atom is -0.494 e. The van der Waals surface area contributed by atoms with Crippen LogP contribution in [0, 0.1) is 34.0 Å². The molecule has 2 N–H and O–H groups in total. The lowest BCUT2D eigenvalue weighted by Gasteiger charge is -2.44. The van der Waals surface area contributed by atoms with E-state index in [0.717, 1.165) is 0 Å². The lowest BCUT2D eigenvalue weighted by molar-refractivity contribution is -0.128. The Morgan fingerprint density at radius 1 is 1.44 bits per heavy atom. The van der Waals surface area contributed by atoms with E-state index in [0.29, 0.717) is 25.9 Å². The molecule has 0 aliphatic carbocycles. The fourth-order valence-electron chi connectivity index (χ4n) is 2.79. The summed E-state index contributed by atoms with van der Waals surface area (Å²) < 4.78 is 0. The number of carbonyl (C=O) groups excluding carboxylic acids is 1. The minimum atomic E-state index is -0.906. The second kappa shape index (κ2) is 4.32. The molecule has 2 aliphatic rings. The molecule has 0 bridgehead atoms. The number of nitrogens with zero attached hydrogens (tertiary/aromatic N) is 3. The number of amides is 1. The molecule has 1 fully saturated rings. The summed E-state index contributed by atoms with van der Waals surface area (Å²) in [5, 5.41) is 30.3. The van der Waals surface area contributed by atoms with Crippen LogP contribution in [-0.4, -0.2) is 36.1 Å². The molecule has 0 aromatic heterocycles. The molecule has 1 spiro atoms. The van der Waals surface area contributed by atoms with Gasteiger partial charge in [0.1, 0.15) is 12.0 Å². The number of rotatable bonds is 0. The summed E-state index contributed by atoms with van der Waals surface area (Å²) in [7, 11) is 1.95. The van der Waals surface area contributed by atoms with Gasteiger partial charge in [-0.1, -0.05) is 0 Å². The third kappa shape index (κ3) is 1.62. The second-order valence-electron chi connectivity index (χ2n) is 4.85. The van der Waals surface area contributed by atoms with Gasteiger partial charge in [0.2, 0.25) is 11.8 Å². The summed E-state index contributed by atoms with van der Waals surface area (Å²) in [5.41, 5.74) is -0.690. The average molecular weight is 246 g/mol. The molecule has 2 rings (SSSR count). The van der Waals surface area contributed by atoms with E-state index >= 15 is 0 Å². The van der Waals surface area contributed by atoms with Crippen LogP contribution in [0.15, 0.2) is 11.5 Å². The van der Waals surface area contributed by atoms with Crippen LogP contribution in [0.1, 0.15) is 12.8 Å². The highest BCUT2D eigenvalue weighted by atomic mass is 16.3. The first-order valence-electron chi connectivity index (χ1n) is 5.78. The molecule has 2 aliphatic heterocycles. The number of allylic oxidation sites excluding steroid dienone is 1. The standard InChI is InChI=1S/C12H14N4O2/c1-16-4-2-12(3-5-16)8(6-13)10(17)15-11(18)9(12)7-14/h8,18H,2-5H2,1H3,(H,15,17)/t8-/m1/s1. The number of piperidine rings is 1. The molecule has 1 saturated heterocycles. The highest BCUT2D eigenvalue weighted by Gasteiger charge is 2.52. The number of nitriles is 2. The van der Waals surface area contributed by atoms with Crippen molar-refractivity contribution in [2.24, 2.45) is 11.3 Å². The van der Waals surface area contributed by atoms with Crippen molar-refractivity contribution >= 4 is 5.91 Å². The smallest absolute Gasteiger partial charge is 0.245 e. The van der Waals surface area contributed by atoms with Crippen molar-refractivity contribution in [3.63, 3.8) is 0 Å². The SMILES string of the molecule is CN1CCC2(CC1)C(C#N)=C(O)NC(=O)[C@H]2C#N. The summed E-state index contributed by atoms with van der Waals surface area (Å²) in [6, 6.07) is 3.95. The molecular weight excluding hydrogens is 232 g/mol. The van der Waals surface area contributed by atoms with Crippen LogP contribution in [0.3, 0.4) is 0 Å². The predicted molar refractivity (Wildman–Crippen MR) is 61.7 cm³/mol. The zero-order valence-corrected chi connectivity index (χ0v) is 10.1. The van der Waals surface area contributed by atoms with E-state index in [1.165, 1.54) is 0 Å². The van der Waals surface area contributed by atoms with Crippen LogP contribution in [0.25, 0.3) is 0 Å². The zero-order chi connectivity index (χ0) is 13.3. The van der Waals surface area contributed by atoms with Gasteiger partial charge in [-0.2, -0.15) is 10.5 Å². The molecule has 2 heterocycles. The predicted octanol–water partition coefficient (Wildman–Crippen LogP) is 0.261. The molecule has 0 aromatic rings. The van der Waals surface area contributed by atoms with Crippen LogP contribution in [-0.2, 0) is 4.79 Å². The van der Waals surface area contributed by atoms with Crippen molar-refractivity contribution in [2.45, 2.75) is 12.8 Å². The second-order valence-corrected chi connectivity index (χ2v) is 4.85. The Morgan fingerprint density at radius 3 is 2.56 bits per heavy atom. The number of hydrogen-bond donors (Lipinski definition) is 2. The van der Waals surface area contributed by atoms with Gasteiger partial charge in [-0.15, -0.1) is 0 Å².